The second kappa shape index (κ2) is 3.64. The van der Waals surface area contributed by atoms with Crippen molar-refractivity contribution in [2.75, 3.05) is 6.54 Å². The van der Waals surface area contributed by atoms with Crippen molar-refractivity contribution in [3.63, 3.8) is 0 Å². The summed E-state index contributed by atoms with van der Waals surface area (Å²) in [5.74, 6) is 1.07. The third-order valence-electron chi connectivity index (χ3n) is 3.28. The standard InChI is InChI=1S/C12H12N6/c1-4-18-10(6-15-12(18)7-13-1)9-5-11-14-2-3-17(11)8-16-9/h2-3,5-6,8,13H,1,4,7H2. The summed E-state index contributed by atoms with van der Waals surface area (Å²) in [7, 11) is 0. The summed E-state index contributed by atoms with van der Waals surface area (Å²) in [6.45, 7) is 2.74. The van der Waals surface area contributed by atoms with Crippen LogP contribution in [-0.4, -0.2) is 30.5 Å². The minimum atomic E-state index is 0.825. The molecule has 0 aromatic carbocycles. The molecule has 4 rings (SSSR count). The van der Waals surface area contributed by atoms with Crippen molar-refractivity contribution < 1.29 is 0 Å². The summed E-state index contributed by atoms with van der Waals surface area (Å²) in [5.41, 5.74) is 2.90. The molecule has 18 heavy (non-hydrogen) atoms. The fraction of sp³-hybridized carbons (Fsp3) is 0.250. The molecule has 3 aromatic rings. The van der Waals surface area contributed by atoms with Gasteiger partial charge in [0.25, 0.3) is 0 Å². The molecule has 3 aromatic heterocycles. The summed E-state index contributed by atoms with van der Waals surface area (Å²) in [6, 6.07) is 1.99. The molecule has 0 radical (unpaired) electrons. The number of fused-ring (bicyclic) bond motifs is 2. The largest absolute Gasteiger partial charge is 0.324 e. The highest BCUT2D eigenvalue weighted by molar-refractivity contribution is 5.59. The quantitative estimate of drug-likeness (QED) is 0.680. The van der Waals surface area contributed by atoms with Crippen LogP contribution in [0.2, 0.25) is 0 Å². The second-order valence-electron chi connectivity index (χ2n) is 4.35. The Morgan fingerprint density at radius 1 is 1.22 bits per heavy atom. The van der Waals surface area contributed by atoms with E-state index in [1.54, 1.807) is 12.5 Å². The van der Waals surface area contributed by atoms with Crippen LogP contribution in [0, 0.1) is 0 Å². The Hall–Kier alpha value is -2.21. The number of aromatic nitrogens is 5. The summed E-state index contributed by atoms with van der Waals surface area (Å²) in [6.07, 6.45) is 7.35. The molecule has 0 unspecified atom stereocenters. The van der Waals surface area contributed by atoms with Gasteiger partial charge in [0.2, 0.25) is 0 Å². The highest BCUT2D eigenvalue weighted by atomic mass is 15.2. The van der Waals surface area contributed by atoms with Crippen LogP contribution < -0.4 is 5.32 Å². The van der Waals surface area contributed by atoms with Gasteiger partial charge in [0.1, 0.15) is 17.8 Å². The van der Waals surface area contributed by atoms with E-state index in [0.29, 0.717) is 0 Å². The van der Waals surface area contributed by atoms with Crippen LogP contribution in [0.15, 0.2) is 31.0 Å². The van der Waals surface area contributed by atoms with Gasteiger partial charge in [0, 0.05) is 31.5 Å². The first kappa shape index (κ1) is 9.78. The lowest BCUT2D eigenvalue weighted by molar-refractivity contribution is 0.508. The van der Waals surface area contributed by atoms with Crippen LogP contribution in [0.3, 0.4) is 0 Å². The minimum Gasteiger partial charge on any atom is -0.324 e. The smallest absolute Gasteiger partial charge is 0.140 e. The van der Waals surface area contributed by atoms with Crippen molar-refractivity contribution in [3.8, 4) is 11.4 Å². The van der Waals surface area contributed by atoms with Gasteiger partial charge in [0.15, 0.2) is 0 Å². The van der Waals surface area contributed by atoms with E-state index in [-0.39, 0.29) is 0 Å². The first-order chi connectivity index (χ1) is 8.92. The minimum absolute atomic E-state index is 0.825. The fourth-order valence-corrected chi connectivity index (χ4v) is 2.36. The molecule has 90 valence electrons. The zero-order valence-electron chi connectivity index (χ0n) is 9.74. The van der Waals surface area contributed by atoms with Gasteiger partial charge in [-0.1, -0.05) is 0 Å². The molecule has 6 heteroatoms. The molecule has 0 spiro atoms. The van der Waals surface area contributed by atoms with Crippen LogP contribution in [0.1, 0.15) is 5.82 Å². The van der Waals surface area contributed by atoms with Crippen molar-refractivity contribution in [3.05, 3.63) is 36.8 Å². The number of hydrogen-bond acceptors (Lipinski definition) is 4. The van der Waals surface area contributed by atoms with Gasteiger partial charge in [-0.25, -0.2) is 15.0 Å². The van der Waals surface area contributed by atoms with Crippen LogP contribution >= 0.6 is 0 Å². The van der Waals surface area contributed by atoms with Gasteiger partial charge >= 0.3 is 0 Å². The van der Waals surface area contributed by atoms with Crippen molar-refractivity contribution >= 4 is 5.65 Å². The number of rotatable bonds is 1. The summed E-state index contributed by atoms with van der Waals surface area (Å²) < 4.78 is 4.12. The van der Waals surface area contributed by atoms with E-state index in [1.165, 1.54) is 0 Å². The molecule has 4 heterocycles. The molecule has 0 atom stereocenters. The highest BCUT2D eigenvalue weighted by Crippen LogP contribution is 2.20. The second-order valence-corrected chi connectivity index (χ2v) is 4.35. The van der Waals surface area contributed by atoms with E-state index in [4.69, 9.17) is 0 Å². The summed E-state index contributed by atoms with van der Waals surface area (Å²) in [5, 5.41) is 3.31. The van der Waals surface area contributed by atoms with Crippen LogP contribution in [-0.2, 0) is 13.1 Å². The fourth-order valence-electron chi connectivity index (χ4n) is 2.36. The Bertz CT molecular complexity index is 710. The third-order valence-corrected chi connectivity index (χ3v) is 3.28. The average Bonchev–Trinajstić information content (AvgIpc) is 3.04. The van der Waals surface area contributed by atoms with Gasteiger partial charge in [-0.15, -0.1) is 0 Å². The van der Waals surface area contributed by atoms with E-state index < -0.39 is 0 Å². The molecule has 1 N–H and O–H groups in total. The number of hydrogen-bond donors (Lipinski definition) is 1. The topological polar surface area (TPSA) is 60.0 Å². The molecule has 6 nitrogen and oxygen atoms in total. The highest BCUT2D eigenvalue weighted by Gasteiger charge is 2.15. The molecular weight excluding hydrogens is 228 g/mol. The molecule has 0 fully saturated rings. The normalized spacial score (nSPS) is 14.9. The average molecular weight is 240 g/mol. The molecule has 0 amide bonds. The third kappa shape index (κ3) is 1.36. The van der Waals surface area contributed by atoms with Crippen molar-refractivity contribution in [1.82, 2.24) is 29.2 Å². The van der Waals surface area contributed by atoms with Crippen LogP contribution in [0.5, 0.6) is 0 Å². The zero-order valence-corrected chi connectivity index (χ0v) is 9.74. The predicted molar refractivity (Wildman–Crippen MR) is 65.9 cm³/mol. The number of imidazole rings is 2. The van der Waals surface area contributed by atoms with Gasteiger partial charge in [-0.05, 0) is 0 Å². The van der Waals surface area contributed by atoms with E-state index in [9.17, 15) is 0 Å². The zero-order chi connectivity index (χ0) is 11.9. The molecule has 0 aliphatic carbocycles. The Balaban J connectivity index is 1.88. The number of nitrogens with zero attached hydrogens (tertiary/aromatic N) is 5. The molecule has 1 aliphatic heterocycles. The maximum atomic E-state index is 4.47. The van der Waals surface area contributed by atoms with Gasteiger partial charge < -0.3 is 9.88 Å². The predicted octanol–water partition coefficient (Wildman–Crippen LogP) is 0.696. The molecule has 0 saturated heterocycles. The SMILES string of the molecule is c1cn2cnc(-c3cnc4n3CCNC4)cc2n1. The molecule has 0 saturated carbocycles. The molecule has 0 bridgehead atoms. The van der Waals surface area contributed by atoms with Crippen molar-refractivity contribution in [1.29, 1.82) is 0 Å². The Morgan fingerprint density at radius 3 is 3.22 bits per heavy atom. The summed E-state index contributed by atoms with van der Waals surface area (Å²) >= 11 is 0. The lowest BCUT2D eigenvalue weighted by Crippen LogP contribution is -2.28. The lowest BCUT2D eigenvalue weighted by Gasteiger charge is -2.17. The number of nitrogens with one attached hydrogen (secondary N) is 1. The van der Waals surface area contributed by atoms with Gasteiger partial charge in [-0.2, -0.15) is 0 Å². The molecule has 1 aliphatic rings. The van der Waals surface area contributed by atoms with E-state index in [0.717, 1.165) is 42.5 Å². The van der Waals surface area contributed by atoms with E-state index in [1.807, 2.05) is 22.9 Å². The Morgan fingerprint density at radius 2 is 2.22 bits per heavy atom. The van der Waals surface area contributed by atoms with E-state index >= 15 is 0 Å². The summed E-state index contributed by atoms with van der Waals surface area (Å²) in [4.78, 5) is 13.2. The van der Waals surface area contributed by atoms with Crippen LogP contribution in [0.4, 0.5) is 0 Å². The van der Waals surface area contributed by atoms with Gasteiger partial charge in [-0.3, -0.25) is 4.40 Å². The Kier molecular flexibility index (Phi) is 1.98. The molecular formula is C12H12N6. The maximum Gasteiger partial charge on any atom is 0.140 e. The Labute approximate surface area is 103 Å². The van der Waals surface area contributed by atoms with Crippen molar-refractivity contribution in [2.24, 2.45) is 0 Å². The maximum absolute atomic E-state index is 4.47. The lowest BCUT2D eigenvalue weighted by atomic mass is 10.3. The first-order valence-electron chi connectivity index (χ1n) is 5.96. The monoisotopic (exact) mass is 240 g/mol. The van der Waals surface area contributed by atoms with E-state index in [2.05, 4.69) is 24.8 Å². The van der Waals surface area contributed by atoms with Gasteiger partial charge in [0.05, 0.1) is 24.1 Å². The van der Waals surface area contributed by atoms with Crippen LogP contribution in [0.25, 0.3) is 17.0 Å². The first-order valence-corrected chi connectivity index (χ1v) is 5.96. The van der Waals surface area contributed by atoms with Crippen molar-refractivity contribution in [2.45, 2.75) is 13.1 Å².